The van der Waals surface area contributed by atoms with Crippen LogP contribution in [0.15, 0.2) is 47.8 Å². The third kappa shape index (κ3) is 3.26. The van der Waals surface area contributed by atoms with E-state index in [1.165, 1.54) is 17.7 Å². The van der Waals surface area contributed by atoms with E-state index in [9.17, 15) is 4.39 Å². The quantitative estimate of drug-likeness (QED) is 0.556. The minimum Gasteiger partial charge on any atom is -0.496 e. The van der Waals surface area contributed by atoms with Gasteiger partial charge in [0.15, 0.2) is 5.60 Å². The maximum absolute atomic E-state index is 13.2. The average molecular weight is 383 g/mol. The van der Waals surface area contributed by atoms with Crippen molar-refractivity contribution in [1.82, 2.24) is 4.98 Å². The van der Waals surface area contributed by atoms with Gasteiger partial charge in [-0.3, -0.25) is 0 Å². The van der Waals surface area contributed by atoms with Gasteiger partial charge < -0.3 is 9.47 Å². The molecular weight excluding hydrogens is 361 g/mol. The Kier molecular flexibility index (Phi) is 4.32. The van der Waals surface area contributed by atoms with Gasteiger partial charge in [0.2, 0.25) is 0 Å². The molecule has 3 aromatic rings. The van der Waals surface area contributed by atoms with E-state index in [2.05, 4.69) is 32.9 Å². The molecule has 0 radical (unpaired) electrons. The Morgan fingerprint density at radius 3 is 2.44 bits per heavy atom. The molecule has 0 N–H and O–H groups in total. The lowest BCUT2D eigenvalue weighted by atomic mass is 9.84. The Morgan fingerprint density at radius 2 is 1.85 bits per heavy atom. The maximum atomic E-state index is 13.2. The molecule has 1 aliphatic heterocycles. The first-order chi connectivity index (χ1) is 12.8. The molecule has 1 unspecified atom stereocenters. The van der Waals surface area contributed by atoms with Gasteiger partial charge in [0.05, 0.1) is 19.4 Å². The fraction of sp³-hybridized carbons (Fsp3) is 0.318. The van der Waals surface area contributed by atoms with Crippen LogP contribution in [-0.2, 0) is 15.8 Å². The Bertz CT molecular complexity index is 969. The van der Waals surface area contributed by atoms with Crippen molar-refractivity contribution in [2.45, 2.75) is 31.8 Å². The summed E-state index contributed by atoms with van der Waals surface area (Å²) in [6, 6.07) is 12.7. The fourth-order valence-corrected chi connectivity index (χ4v) is 4.15. The Labute approximate surface area is 162 Å². The predicted octanol–water partition coefficient (Wildman–Crippen LogP) is 5.53. The van der Waals surface area contributed by atoms with Gasteiger partial charge in [-0.1, -0.05) is 26.8 Å². The summed E-state index contributed by atoms with van der Waals surface area (Å²) >= 11 is 1.56. The number of ether oxygens (including phenoxy) is 2. The lowest BCUT2D eigenvalue weighted by Crippen LogP contribution is -2.16. The number of rotatable bonds is 4. The highest BCUT2D eigenvalue weighted by Crippen LogP contribution is 2.50. The molecule has 5 heteroatoms. The smallest absolute Gasteiger partial charge is 0.171 e. The monoisotopic (exact) mass is 383 g/mol. The molecule has 4 rings (SSSR count). The minimum atomic E-state index is -0.560. The highest BCUT2D eigenvalue weighted by atomic mass is 32.1. The van der Waals surface area contributed by atoms with Crippen molar-refractivity contribution < 1.29 is 13.9 Å². The molecule has 0 amide bonds. The van der Waals surface area contributed by atoms with Gasteiger partial charge >= 0.3 is 0 Å². The number of aromatic nitrogens is 1. The molecule has 1 aliphatic rings. The van der Waals surface area contributed by atoms with Crippen molar-refractivity contribution in [2.24, 2.45) is 0 Å². The van der Waals surface area contributed by atoms with Crippen LogP contribution in [0.25, 0.3) is 11.3 Å². The number of thiazole rings is 1. The number of halogens is 1. The second-order valence-electron chi connectivity index (χ2n) is 7.83. The first kappa shape index (κ1) is 18.1. The lowest BCUT2D eigenvalue weighted by Gasteiger charge is -2.22. The standard InChI is InChI=1S/C22H22FNO2S/c1-21(2,3)15-7-10-19(25-4)17(11-15)22(13-26-22)20-24-18(12-27-20)14-5-8-16(23)9-6-14/h5-12H,13H2,1-4H3. The first-order valence-corrected chi connectivity index (χ1v) is 9.76. The molecule has 1 saturated heterocycles. The molecule has 1 atom stereocenters. The van der Waals surface area contributed by atoms with E-state index in [0.29, 0.717) is 6.61 Å². The molecule has 140 valence electrons. The predicted molar refractivity (Wildman–Crippen MR) is 106 cm³/mol. The van der Waals surface area contributed by atoms with Crippen molar-refractivity contribution >= 4 is 11.3 Å². The fourth-order valence-electron chi connectivity index (χ4n) is 3.17. The third-order valence-corrected chi connectivity index (χ3v) is 5.91. The largest absolute Gasteiger partial charge is 0.496 e. The van der Waals surface area contributed by atoms with Crippen LogP contribution in [0, 0.1) is 5.82 Å². The van der Waals surface area contributed by atoms with Gasteiger partial charge in [0.25, 0.3) is 0 Å². The van der Waals surface area contributed by atoms with E-state index in [1.807, 2.05) is 11.4 Å². The van der Waals surface area contributed by atoms with Gasteiger partial charge in [0.1, 0.15) is 16.6 Å². The normalized spacial score (nSPS) is 19.1. The zero-order valence-corrected chi connectivity index (χ0v) is 16.7. The third-order valence-electron chi connectivity index (χ3n) is 4.92. The van der Waals surface area contributed by atoms with Crippen molar-refractivity contribution in [1.29, 1.82) is 0 Å². The topological polar surface area (TPSA) is 34.6 Å². The summed E-state index contributed by atoms with van der Waals surface area (Å²) < 4.78 is 24.8. The molecule has 0 saturated carbocycles. The average Bonchev–Trinajstić information content (AvgIpc) is 3.30. The van der Waals surface area contributed by atoms with Crippen molar-refractivity contribution in [3.63, 3.8) is 0 Å². The summed E-state index contributed by atoms with van der Waals surface area (Å²) in [4.78, 5) is 4.80. The van der Waals surface area contributed by atoms with Crippen LogP contribution in [0.3, 0.4) is 0 Å². The summed E-state index contributed by atoms with van der Waals surface area (Å²) in [5.41, 5.74) is 3.43. The Balaban J connectivity index is 1.76. The van der Waals surface area contributed by atoms with Crippen LogP contribution >= 0.6 is 11.3 Å². The summed E-state index contributed by atoms with van der Waals surface area (Å²) in [7, 11) is 1.68. The van der Waals surface area contributed by atoms with E-state index in [1.54, 1.807) is 30.6 Å². The molecule has 1 aromatic heterocycles. The van der Waals surface area contributed by atoms with Crippen LogP contribution in [0.1, 0.15) is 36.9 Å². The molecule has 1 fully saturated rings. The molecule has 2 aromatic carbocycles. The lowest BCUT2D eigenvalue weighted by molar-refractivity contribution is 0.332. The zero-order valence-electron chi connectivity index (χ0n) is 15.9. The van der Waals surface area contributed by atoms with Crippen molar-refractivity contribution in [3.05, 3.63) is 69.8 Å². The second kappa shape index (κ2) is 6.43. The summed E-state index contributed by atoms with van der Waals surface area (Å²) in [6.07, 6.45) is 0. The van der Waals surface area contributed by atoms with E-state index in [4.69, 9.17) is 14.5 Å². The van der Waals surface area contributed by atoms with Crippen LogP contribution < -0.4 is 4.74 Å². The number of hydrogen-bond donors (Lipinski definition) is 0. The van der Waals surface area contributed by atoms with Gasteiger partial charge in [-0.15, -0.1) is 11.3 Å². The van der Waals surface area contributed by atoms with Crippen LogP contribution in [0.2, 0.25) is 0 Å². The van der Waals surface area contributed by atoms with E-state index in [-0.39, 0.29) is 11.2 Å². The summed E-state index contributed by atoms with van der Waals surface area (Å²) in [6.45, 7) is 7.15. The van der Waals surface area contributed by atoms with Crippen molar-refractivity contribution in [2.75, 3.05) is 13.7 Å². The first-order valence-electron chi connectivity index (χ1n) is 8.88. The molecule has 0 bridgehead atoms. The molecule has 3 nitrogen and oxygen atoms in total. The van der Waals surface area contributed by atoms with E-state index in [0.717, 1.165) is 27.6 Å². The number of hydrogen-bond acceptors (Lipinski definition) is 4. The number of nitrogens with zero attached hydrogens (tertiary/aromatic N) is 1. The molecule has 0 aliphatic carbocycles. The number of benzene rings is 2. The molecular formula is C22H22FNO2S. The summed E-state index contributed by atoms with van der Waals surface area (Å²) in [5, 5.41) is 2.89. The molecule has 2 heterocycles. The van der Waals surface area contributed by atoms with Crippen LogP contribution in [0.5, 0.6) is 5.75 Å². The highest BCUT2D eigenvalue weighted by molar-refractivity contribution is 7.10. The van der Waals surface area contributed by atoms with Crippen LogP contribution in [-0.4, -0.2) is 18.7 Å². The highest BCUT2D eigenvalue weighted by Gasteiger charge is 2.53. The van der Waals surface area contributed by atoms with Crippen molar-refractivity contribution in [3.8, 4) is 17.0 Å². The summed E-state index contributed by atoms with van der Waals surface area (Å²) in [5.74, 6) is 0.555. The van der Waals surface area contributed by atoms with Crippen LogP contribution in [0.4, 0.5) is 4.39 Å². The Hall–Kier alpha value is -2.24. The van der Waals surface area contributed by atoms with Gasteiger partial charge in [-0.2, -0.15) is 0 Å². The molecule has 27 heavy (non-hydrogen) atoms. The number of methoxy groups -OCH3 is 1. The Morgan fingerprint density at radius 1 is 1.15 bits per heavy atom. The van der Waals surface area contributed by atoms with Gasteiger partial charge in [0, 0.05) is 16.5 Å². The maximum Gasteiger partial charge on any atom is 0.171 e. The minimum absolute atomic E-state index is 0.0270. The van der Waals surface area contributed by atoms with E-state index < -0.39 is 5.60 Å². The number of epoxide rings is 1. The SMILES string of the molecule is COc1ccc(C(C)(C)C)cc1C1(c2nc(-c3ccc(F)cc3)cs2)CO1. The molecule has 0 spiro atoms. The van der Waals surface area contributed by atoms with E-state index >= 15 is 0 Å². The zero-order chi connectivity index (χ0) is 19.2. The van der Waals surface area contributed by atoms with Gasteiger partial charge in [-0.25, -0.2) is 9.37 Å². The second-order valence-corrected chi connectivity index (χ2v) is 8.68. The van der Waals surface area contributed by atoms with Gasteiger partial charge in [-0.05, 0) is 47.4 Å².